The molecule has 2 heterocycles. The van der Waals surface area contributed by atoms with Gasteiger partial charge >= 0.3 is 0 Å². The molecule has 3 aromatic rings. The van der Waals surface area contributed by atoms with Crippen LogP contribution in [0.4, 0.5) is 11.4 Å². The van der Waals surface area contributed by atoms with Crippen molar-refractivity contribution in [2.45, 2.75) is 11.8 Å². The van der Waals surface area contributed by atoms with E-state index in [1.807, 2.05) is 25.1 Å². The maximum atomic E-state index is 13.2. The summed E-state index contributed by atoms with van der Waals surface area (Å²) in [5, 5.41) is 28.6. The van der Waals surface area contributed by atoms with Crippen LogP contribution in [0.3, 0.4) is 0 Å². The van der Waals surface area contributed by atoms with Gasteiger partial charge in [-0.15, -0.1) is 0 Å². The van der Waals surface area contributed by atoms with Gasteiger partial charge in [0.05, 0.1) is 39.7 Å². The summed E-state index contributed by atoms with van der Waals surface area (Å²) >= 11 is 0. The van der Waals surface area contributed by atoms with Gasteiger partial charge in [0.15, 0.2) is 0 Å². The van der Waals surface area contributed by atoms with Gasteiger partial charge < -0.3 is 9.80 Å². The number of sulfonamides is 1. The molecule has 0 aliphatic carbocycles. The van der Waals surface area contributed by atoms with Crippen LogP contribution in [0.1, 0.15) is 18.1 Å². The number of pyridine rings is 1. The standard InChI is InChI=1S/C21H24N8O4S/c1-15(18-14-23-28-8-7-16(13-22)11-20(18)28)24-25-34(32,33)21-12-17(29(30)31)5-6-19(21)27(4)10-9-26(2)3/h5-8,11-12,14,25H,9-10H2,1-4H3/b24-15+. The summed E-state index contributed by atoms with van der Waals surface area (Å²) in [7, 11) is 1.23. The molecule has 0 unspecified atom stereocenters. The van der Waals surface area contributed by atoms with Crippen LogP contribution >= 0.6 is 0 Å². The van der Waals surface area contributed by atoms with Gasteiger partial charge in [0.2, 0.25) is 0 Å². The van der Waals surface area contributed by atoms with Gasteiger partial charge in [0, 0.05) is 44.0 Å². The molecule has 2 aromatic heterocycles. The zero-order chi connectivity index (χ0) is 25.0. The Morgan fingerprint density at radius 2 is 2.00 bits per heavy atom. The number of nitro groups is 1. The molecule has 0 amide bonds. The molecule has 178 valence electrons. The summed E-state index contributed by atoms with van der Waals surface area (Å²) in [6, 6.07) is 8.96. The summed E-state index contributed by atoms with van der Waals surface area (Å²) < 4.78 is 27.9. The van der Waals surface area contributed by atoms with E-state index >= 15 is 0 Å². The summed E-state index contributed by atoms with van der Waals surface area (Å²) in [4.78, 5) is 16.2. The first-order valence-corrected chi connectivity index (χ1v) is 11.6. The summed E-state index contributed by atoms with van der Waals surface area (Å²) in [5.41, 5.74) is 1.80. The average Bonchev–Trinajstić information content (AvgIpc) is 3.23. The van der Waals surface area contributed by atoms with Crippen molar-refractivity contribution in [3.63, 3.8) is 0 Å². The number of nitriles is 1. The molecule has 0 aliphatic heterocycles. The van der Waals surface area contributed by atoms with Crippen LogP contribution in [0.5, 0.6) is 0 Å². The number of anilines is 1. The summed E-state index contributed by atoms with van der Waals surface area (Å²) in [6.07, 6.45) is 3.13. The predicted molar refractivity (Wildman–Crippen MR) is 127 cm³/mol. The number of nitrogens with one attached hydrogen (secondary N) is 1. The van der Waals surface area contributed by atoms with E-state index < -0.39 is 14.9 Å². The van der Waals surface area contributed by atoms with Gasteiger partial charge in [0.1, 0.15) is 4.90 Å². The minimum absolute atomic E-state index is 0.258. The lowest BCUT2D eigenvalue weighted by Gasteiger charge is -2.23. The first kappa shape index (κ1) is 24.6. The molecule has 0 radical (unpaired) electrons. The largest absolute Gasteiger partial charge is 0.372 e. The Balaban J connectivity index is 1.98. The summed E-state index contributed by atoms with van der Waals surface area (Å²) in [5.74, 6) is 0. The topological polar surface area (TPSA) is 149 Å². The Morgan fingerprint density at radius 1 is 1.26 bits per heavy atom. The molecule has 0 bridgehead atoms. The molecule has 3 rings (SSSR count). The summed E-state index contributed by atoms with van der Waals surface area (Å²) in [6.45, 7) is 2.74. The maximum Gasteiger partial charge on any atom is 0.278 e. The first-order chi connectivity index (χ1) is 16.0. The highest BCUT2D eigenvalue weighted by Gasteiger charge is 2.24. The zero-order valence-corrected chi connectivity index (χ0v) is 19.9. The van der Waals surface area contributed by atoms with E-state index in [0.717, 1.165) is 6.07 Å². The molecule has 0 aliphatic rings. The van der Waals surface area contributed by atoms with E-state index in [-0.39, 0.29) is 10.6 Å². The Morgan fingerprint density at radius 3 is 2.65 bits per heavy atom. The third-order valence-corrected chi connectivity index (χ3v) is 6.35. The number of fused-ring (bicyclic) bond motifs is 1. The number of hydrogen-bond acceptors (Lipinski definition) is 9. The van der Waals surface area contributed by atoms with E-state index in [9.17, 15) is 18.5 Å². The van der Waals surface area contributed by atoms with Crippen molar-refractivity contribution in [2.24, 2.45) is 5.10 Å². The van der Waals surface area contributed by atoms with E-state index in [0.29, 0.717) is 41.1 Å². The van der Waals surface area contributed by atoms with E-state index in [1.165, 1.54) is 18.3 Å². The number of nitrogens with zero attached hydrogens (tertiary/aromatic N) is 7. The van der Waals surface area contributed by atoms with E-state index in [2.05, 4.69) is 15.0 Å². The third kappa shape index (κ3) is 5.30. The minimum Gasteiger partial charge on any atom is -0.372 e. The first-order valence-electron chi connectivity index (χ1n) is 10.1. The number of rotatable bonds is 9. The second-order valence-electron chi connectivity index (χ2n) is 7.84. The van der Waals surface area contributed by atoms with Crippen LogP contribution in [-0.2, 0) is 10.0 Å². The van der Waals surface area contributed by atoms with Crippen LogP contribution < -0.4 is 9.73 Å². The number of likely N-dealkylation sites (N-methyl/N-ethyl adjacent to an activating group) is 2. The van der Waals surface area contributed by atoms with Crippen molar-refractivity contribution in [3.05, 3.63) is 64.0 Å². The van der Waals surface area contributed by atoms with Crippen LogP contribution in [-0.4, -0.2) is 67.8 Å². The number of non-ortho nitro benzene ring substituents is 1. The van der Waals surface area contributed by atoms with E-state index in [4.69, 9.17) is 5.26 Å². The maximum absolute atomic E-state index is 13.2. The van der Waals surface area contributed by atoms with Crippen molar-refractivity contribution in [2.75, 3.05) is 39.1 Å². The fraction of sp³-hybridized carbons (Fsp3) is 0.286. The second-order valence-corrected chi connectivity index (χ2v) is 9.47. The molecule has 1 N–H and O–H groups in total. The number of aromatic nitrogens is 2. The Bertz CT molecular complexity index is 1410. The van der Waals surface area contributed by atoms with Crippen molar-refractivity contribution < 1.29 is 13.3 Å². The molecule has 0 atom stereocenters. The molecule has 13 heteroatoms. The third-order valence-electron chi connectivity index (χ3n) is 5.11. The fourth-order valence-corrected chi connectivity index (χ4v) is 4.31. The van der Waals surface area contributed by atoms with Gasteiger partial charge in [0.25, 0.3) is 15.7 Å². The van der Waals surface area contributed by atoms with Gasteiger partial charge in [-0.2, -0.15) is 28.7 Å². The highest BCUT2D eigenvalue weighted by Crippen LogP contribution is 2.29. The van der Waals surface area contributed by atoms with Crippen LogP contribution in [0.15, 0.2) is 52.7 Å². The molecule has 34 heavy (non-hydrogen) atoms. The predicted octanol–water partition coefficient (Wildman–Crippen LogP) is 1.81. The quantitative estimate of drug-likeness (QED) is 0.274. The number of hydrazone groups is 1. The highest BCUT2D eigenvalue weighted by atomic mass is 32.2. The molecular weight excluding hydrogens is 460 g/mol. The van der Waals surface area contributed by atoms with Gasteiger partial charge in [-0.05, 0) is 39.2 Å². The van der Waals surface area contributed by atoms with Crippen molar-refractivity contribution in [1.82, 2.24) is 19.3 Å². The Hall–Kier alpha value is -4.02. The van der Waals surface area contributed by atoms with Gasteiger partial charge in [-0.1, -0.05) is 0 Å². The van der Waals surface area contributed by atoms with Gasteiger partial charge in [-0.25, -0.2) is 4.52 Å². The lowest BCUT2D eigenvalue weighted by Crippen LogP contribution is -2.30. The van der Waals surface area contributed by atoms with Crippen molar-refractivity contribution in [1.29, 1.82) is 5.26 Å². The van der Waals surface area contributed by atoms with Gasteiger partial charge in [-0.3, -0.25) is 10.1 Å². The Labute approximate surface area is 196 Å². The smallest absolute Gasteiger partial charge is 0.278 e. The fourth-order valence-electron chi connectivity index (χ4n) is 3.18. The van der Waals surface area contributed by atoms with E-state index in [1.54, 1.807) is 41.7 Å². The lowest BCUT2D eigenvalue weighted by atomic mass is 10.1. The number of hydrogen-bond donors (Lipinski definition) is 1. The Kier molecular flexibility index (Phi) is 7.14. The highest BCUT2D eigenvalue weighted by molar-refractivity contribution is 7.89. The molecular formula is C21H24N8O4S. The average molecular weight is 485 g/mol. The second kappa shape index (κ2) is 9.86. The lowest BCUT2D eigenvalue weighted by molar-refractivity contribution is -0.385. The van der Waals surface area contributed by atoms with Crippen LogP contribution in [0, 0.1) is 21.4 Å². The molecule has 0 spiro atoms. The van der Waals surface area contributed by atoms with Crippen LogP contribution in [0.25, 0.3) is 5.52 Å². The van der Waals surface area contributed by atoms with Crippen molar-refractivity contribution >= 4 is 32.6 Å². The molecule has 0 saturated carbocycles. The van der Waals surface area contributed by atoms with Crippen molar-refractivity contribution in [3.8, 4) is 6.07 Å². The molecule has 1 aromatic carbocycles. The SMILES string of the molecule is C/C(=N\NS(=O)(=O)c1cc([N+](=O)[O-])ccc1N(C)CCN(C)C)c1cnn2ccc(C#N)cc12. The molecule has 0 saturated heterocycles. The minimum atomic E-state index is -4.26. The zero-order valence-electron chi connectivity index (χ0n) is 19.1. The molecule has 0 fully saturated rings. The molecule has 12 nitrogen and oxygen atoms in total. The number of nitro benzene ring substituents is 1. The van der Waals surface area contributed by atoms with Crippen LogP contribution in [0.2, 0.25) is 0 Å². The number of benzene rings is 1. The normalized spacial score (nSPS) is 12.1. The monoisotopic (exact) mass is 484 g/mol.